The Bertz CT molecular complexity index is 296. The first-order valence-electron chi connectivity index (χ1n) is 4.45. The number of hydrogen-bond donors (Lipinski definition) is 1. The van der Waals surface area contributed by atoms with E-state index < -0.39 is 0 Å². The van der Waals surface area contributed by atoms with Gasteiger partial charge in [0.25, 0.3) is 0 Å². The standard InChI is InChI=1S/C8H14N4O/c1-6-3-9-4-7-10-11-8(5-13-2)12(6)7/h6,9H,3-5H2,1-2H3/t6-/m0/s1. The Balaban J connectivity index is 2.32. The van der Waals surface area contributed by atoms with Gasteiger partial charge in [0.05, 0.1) is 6.54 Å². The molecule has 1 atom stereocenters. The van der Waals surface area contributed by atoms with Crippen molar-refractivity contribution in [2.24, 2.45) is 0 Å². The molecule has 0 unspecified atom stereocenters. The van der Waals surface area contributed by atoms with Crippen molar-refractivity contribution < 1.29 is 4.74 Å². The highest BCUT2D eigenvalue weighted by Crippen LogP contribution is 2.15. The SMILES string of the molecule is COCc1nnc2n1[C@@H](C)CNC2. The zero-order valence-corrected chi connectivity index (χ0v) is 7.95. The van der Waals surface area contributed by atoms with Gasteiger partial charge in [0.2, 0.25) is 0 Å². The molecule has 0 bridgehead atoms. The Morgan fingerprint density at radius 3 is 3.23 bits per heavy atom. The molecule has 72 valence electrons. The third-order valence-corrected chi connectivity index (χ3v) is 2.27. The predicted molar refractivity (Wildman–Crippen MR) is 47.2 cm³/mol. The highest BCUT2D eigenvalue weighted by molar-refractivity contribution is 5.00. The van der Waals surface area contributed by atoms with E-state index in [0.717, 1.165) is 24.7 Å². The molecule has 5 heteroatoms. The summed E-state index contributed by atoms with van der Waals surface area (Å²) in [4.78, 5) is 0. The monoisotopic (exact) mass is 182 g/mol. The predicted octanol–water partition coefficient (Wildman–Crippen LogP) is 0.0887. The Morgan fingerprint density at radius 1 is 1.62 bits per heavy atom. The molecule has 13 heavy (non-hydrogen) atoms. The quantitative estimate of drug-likeness (QED) is 0.704. The number of rotatable bonds is 2. The maximum atomic E-state index is 5.06. The second-order valence-electron chi connectivity index (χ2n) is 3.32. The smallest absolute Gasteiger partial charge is 0.159 e. The Labute approximate surface area is 77.1 Å². The van der Waals surface area contributed by atoms with Crippen LogP contribution < -0.4 is 5.32 Å². The van der Waals surface area contributed by atoms with Crippen LogP contribution in [0.2, 0.25) is 0 Å². The van der Waals surface area contributed by atoms with Crippen LogP contribution in [0.15, 0.2) is 0 Å². The largest absolute Gasteiger partial charge is 0.377 e. The minimum atomic E-state index is 0.420. The lowest BCUT2D eigenvalue weighted by molar-refractivity contribution is 0.171. The minimum Gasteiger partial charge on any atom is -0.377 e. The van der Waals surface area contributed by atoms with Crippen molar-refractivity contribution in [3.8, 4) is 0 Å². The molecule has 0 radical (unpaired) electrons. The summed E-state index contributed by atoms with van der Waals surface area (Å²) in [6.45, 7) is 4.47. The summed E-state index contributed by atoms with van der Waals surface area (Å²) in [5.74, 6) is 1.93. The van der Waals surface area contributed by atoms with Gasteiger partial charge < -0.3 is 14.6 Å². The van der Waals surface area contributed by atoms with Crippen LogP contribution in [-0.4, -0.2) is 28.4 Å². The third kappa shape index (κ3) is 1.45. The second-order valence-corrected chi connectivity index (χ2v) is 3.32. The van der Waals surface area contributed by atoms with Crippen molar-refractivity contribution in [3.05, 3.63) is 11.6 Å². The molecule has 1 aromatic rings. The normalized spacial score (nSPS) is 21.5. The molecule has 1 aromatic heterocycles. The van der Waals surface area contributed by atoms with E-state index in [0.29, 0.717) is 12.6 Å². The average Bonchev–Trinajstić information content (AvgIpc) is 2.51. The molecule has 0 fully saturated rings. The first-order valence-corrected chi connectivity index (χ1v) is 4.45. The number of hydrogen-bond acceptors (Lipinski definition) is 4. The molecule has 0 amide bonds. The molecular weight excluding hydrogens is 168 g/mol. The maximum Gasteiger partial charge on any atom is 0.159 e. The molecule has 0 saturated heterocycles. The summed E-state index contributed by atoms with van der Waals surface area (Å²) in [6, 6.07) is 0.420. The van der Waals surface area contributed by atoms with Crippen molar-refractivity contribution in [2.45, 2.75) is 26.1 Å². The first kappa shape index (κ1) is 8.65. The van der Waals surface area contributed by atoms with Crippen LogP contribution >= 0.6 is 0 Å². The van der Waals surface area contributed by atoms with Gasteiger partial charge in [-0.25, -0.2) is 0 Å². The molecular formula is C8H14N4O. The van der Waals surface area contributed by atoms with Crippen LogP contribution in [0.1, 0.15) is 24.6 Å². The molecule has 1 N–H and O–H groups in total. The van der Waals surface area contributed by atoms with Crippen molar-refractivity contribution >= 4 is 0 Å². The number of fused-ring (bicyclic) bond motifs is 1. The fourth-order valence-corrected chi connectivity index (χ4v) is 1.70. The molecule has 0 aliphatic carbocycles. The van der Waals surface area contributed by atoms with Gasteiger partial charge in [0, 0.05) is 19.7 Å². The van der Waals surface area contributed by atoms with Gasteiger partial charge in [-0.1, -0.05) is 0 Å². The number of aromatic nitrogens is 3. The van der Waals surface area contributed by atoms with Gasteiger partial charge in [0.15, 0.2) is 5.82 Å². The molecule has 0 saturated carbocycles. The van der Waals surface area contributed by atoms with Crippen LogP contribution in [0.3, 0.4) is 0 Å². The third-order valence-electron chi connectivity index (χ3n) is 2.27. The van der Waals surface area contributed by atoms with Crippen molar-refractivity contribution in [1.29, 1.82) is 0 Å². The van der Waals surface area contributed by atoms with Gasteiger partial charge in [-0.3, -0.25) is 0 Å². The molecule has 1 aliphatic heterocycles. The van der Waals surface area contributed by atoms with Crippen LogP contribution in [0.25, 0.3) is 0 Å². The van der Waals surface area contributed by atoms with E-state index in [-0.39, 0.29) is 0 Å². The van der Waals surface area contributed by atoms with Crippen molar-refractivity contribution in [1.82, 2.24) is 20.1 Å². The molecule has 2 heterocycles. The Hall–Kier alpha value is -0.940. The van der Waals surface area contributed by atoms with Gasteiger partial charge in [-0.15, -0.1) is 10.2 Å². The molecule has 1 aliphatic rings. The summed E-state index contributed by atoms with van der Waals surface area (Å²) in [5.41, 5.74) is 0. The van der Waals surface area contributed by atoms with Crippen molar-refractivity contribution in [2.75, 3.05) is 13.7 Å². The van der Waals surface area contributed by atoms with E-state index in [9.17, 15) is 0 Å². The van der Waals surface area contributed by atoms with E-state index in [1.165, 1.54) is 0 Å². The van der Waals surface area contributed by atoms with Gasteiger partial charge in [-0.2, -0.15) is 0 Å². The maximum absolute atomic E-state index is 5.06. The number of methoxy groups -OCH3 is 1. The van der Waals surface area contributed by atoms with Crippen LogP contribution in [-0.2, 0) is 17.9 Å². The number of ether oxygens (including phenoxy) is 1. The summed E-state index contributed by atoms with van der Waals surface area (Å²) >= 11 is 0. The van der Waals surface area contributed by atoms with Crippen molar-refractivity contribution in [3.63, 3.8) is 0 Å². The molecule has 0 spiro atoms. The van der Waals surface area contributed by atoms with E-state index in [1.54, 1.807) is 7.11 Å². The molecule has 2 rings (SSSR count). The molecule has 0 aromatic carbocycles. The minimum absolute atomic E-state index is 0.420. The van der Waals surface area contributed by atoms with Gasteiger partial charge in [-0.05, 0) is 6.92 Å². The highest BCUT2D eigenvalue weighted by atomic mass is 16.5. The van der Waals surface area contributed by atoms with E-state index in [1.807, 2.05) is 0 Å². The Morgan fingerprint density at radius 2 is 2.46 bits per heavy atom. The zero-order valence-electron chi connectivity index (χ0n) is 7.95. The second kappa shape index (κ2) is 3.43. The van der Waals surface area contributed by atoms with Crippen LogP contribution in [0.5, 0.6) is 0 Å². The van der Waals surface area contributed by atoms with E-state index in [2.05, 4.69) is 27.0 Å². The lowest BCUT2D eigenvalue weighted by atomic mass is 10.2. The van der Waals surface area contributed by atoms with Crippen LogP contribution in [0.4, 0.5) is 0 Å². The average molecular weight is 182 g/mol. The summed E-state index contributed by atoms with van der Waals surface area (Å²) in [7, 11) is 1.67. The summed E-state index contributed by atoms with van der Waals surface area (Å²) in [5, 5.41) is 11.5. The summed E-state index contributed by atoms with van der Waals surface area (Å²) < 4.78 is 7.21. The Kier molecular flexibility index (Phi) is 2.28. The van der Waals surface area contributed by atoms with E-state index >= 15 is 0 Å². The first-order chi connectivity index (χ1) is 6.33. The number of nitrogens with zero attached hydrogens (tertiary/aromatic N) is 3. The summed E-state index contributed by atoms with van der Waals surface area (Å²) in [6.07, 6.45) is 0. The number of nitrogens with one attached hydrogen (secondary N) is 1. The fraction of sp³-hybridized carbons (Fsp3) is 0.750. The topological polar surface area (TPSA) is 52.0 Å². The van der Waals surface area contributed by atoms with Crippen LogP contribution in [0, 0.1) is 0 Å². The fourth-order valence-electron chi connectivity index (χ4n) is 1.70. The lowest BCUT2D eigenvalue weighted by Gasteiger charge is -2.23. The van der Waals surface area contributed by atoms with Gasteiger partial charge in [0.1, 0.15) is 12.4 Å². The zero-order chi connectivity index (χ0) is 9.26. The lowest BCUT2D eigenvalue weighted by Crippen LogP contribution is -2.32. The van der Waals surface area contributed by atoms with E-state index in [4.69, 9.17) is 4.74 Å². The highest BCUT2D eigenvalue weighted by Gasteiger charge is 2.20. The molecule has 5 nitrogen and oxygen atoms in total. The van der Waals surface area contributed by atoms with Gasteiger partial charge >= 0.3 is 0 Å².